The predicted octanol–water partition coefficient (Wildman–Crippen LogP) is 2.04. The van der Waals surface area contributed by atoms with Crippen LogP contribution in [0.1, 0.15) is 30.4 Å². The highest BCUT2D eigenvalue weighted by Gasteiger charge is 2.32. The first-order valence-corrected chi connectivity index (χ1v) is 7.55. The van der Waals surface area contributed by atoms with Gasteiger partial charge in [0, 0.05) is 27.2 Å². The van der Waals surface area contributed by atoms with Gasteiger partial charge in [0.2, 0.25) is 0 Å². The van der Waals surface area contributed by atoms with Crippen molar-refractivity contribution in [1.82, 2.24) is 4.90 Å². The fourth-order valence-corrected chi connectivity index (χ4v) is 3.65. The summed E-state index contributed by atoms with van der Waals surface area (Å²) in [6.07, 6.45) is 0.162. The lowest BCUT2D eigenvalue weighted by Crippen LogP contribution is -2.51. The summed E-state index contributed by atoms with van der Waals surface area (Å²) in [6.45, 7) is 7.85. The second-order valence-electron chi connectivity index (χ2n) is 6.14. The Morgan fingerprint density at radius 3 is 2.75 bits per heavy atom. The fourth-order valence-electron chi connectivity index (χ4n) is 2.54. The quantitative estimate of drug-likeness (QED) is 0.907. The van der Waals surface area contributed by atoms with Crippen molar-refractivity contribution in [3.05, 3.63) is 10.9 Å². The molecule has 2 rings (SSSR count). The molecule has 1 fully saturated rings. The maximum absolute atomic E-state index is 12.1. The zero-order chi connectivity index (χ0) is 15.1. The number of nitrogens with two attached hydrogens (primary N) is 1. The smallest absolute Gasteiger partial charge is 0.265 e. The van der Waals surface area contributed by atoms with E-state index in [9.17, 15) is 4.79 Å². The number of carbonyl (C=O) groups excluding carboxylic acids is 1. The van der Waals surface area contributed by atoms with Crippen LogP contribution >= 0.6 is 11.3 Å². The molecule has 2 heterocycles. The second-order valence-corrected chi connectivity index (χ2v) is 7.17. The summed E-state index contributed by atoms with van der Waals surface area (Å²) in [5, 5.41) is 1.04. The third-order valence-electron chi connectivity index (χ3n) is 3.23. The molecule has 1 amide bonds. The van der Waals surface area contributed by atoms with E-state index in [0.717, 1.165) is 18.1 Å². The number of thiophene rings is 1. The number of hydrogen-bond donors (Lipinski definition) is 1. The number of rotatable bonds is 2. The molecule has 1 unspecified atom stereocenters. The molecule has 1 aromatic heterocycles. The van der Waals surface area contributed by atoms with E-state index < -0.39 is 0 Å². The third-order valence-corrected chi connectivity index (χ3v) is 4.43. The van der Waals surface area contributed by atoms with Gasteiger partial charge in [-0.05, 0) is 26.8 Å². The Morgan fingerprint density at radius 1 is 1.55 bits per heavy atom. The van der Waals surface area contributed by atoms with Crippen LogP contribution in [0.5, 0.6) is 0 Å². The van der Waals surface area contributed by atoms with Crippen molar-refractivity contribution >= 4 is 27.9 Å². The lowest BCUT2D eigenvalue weighted by molar-refractivity contribution is -0.0748. The number of nitrogens with zero attached hydrogens (tertiary/aromatic N) is 2. The molecule has 20 heavy (non-hydrogen) atoms. The van der Waals surface area contributed by atoms with Gasteiger partial charge in [0.15, 0.2) is 0 Å². The Labute approximate surface area is 124 Å². The van der Waals surface area contributed by atoms with Gasteiger partial charge in [0.1, 0.15) is 4.88 Å². The molecule has 0 radical (unpaired) electrons. The lowest BCUT2D eigenvalue weighted by Gasteiger charge is -2.42. The van der Waals surface area contributed by atoms with Crippen molar-refractivity contribution in [3.63, 3.8) is 0 Å². The van der Waals surface area contributed by atoms with Crippen LogP contribution in [0.3, 0.4) is 0 Å². The van der Waals surface area contributed by atoms with Gasteiger partial charge < -0.3 is 20.3 Å². The highest BCUT2D eigenvalue weighted by Crippen LogP contribution is 2.35. The van der Waals surface area contributed by atoms with Crippen LogP contribution in [-0.2, 0) is 4.74 Å². The molecule has 1 aromatic rings. The molecule has 5 nitrogen and oxygen atoms in total. The zero-order valence-electron chi connectivity index (χ0n) is 12.8. The van der Waals surface area contributed by atoms with Gasteiger partial charge >= 0.3 is 0 Å². The molecule has 112 valence electrons. The van der Waals surface area contributed by atoms with E-state index in [1.807, 2.05) is 6.07 Å². The van der Waals surface area contributed by atoms with Gasteiger partial charge in [-0.15, -0.1) is 11.3 Å². The van der Waals surface area contributed by atoms with Crippen molar-refractivity contribution < 1.29 is 9.53 Å². The number of ether oxygens (including phenoxy) is 1. The van der Waals surface area contributed by atoms with Crippen molar-refractivity contribution in [2.24, 2.45) is 0 Å². The van der Waals surface area contributed by atoms with E-state index in [0.29, 0.717) is 10.6 Å². The Morgan fingerprint density at radius 2 is 2.20 bits per heavy atom. The van der Waals surface area contributed by atoms with Crippen molar-refractivity contribution in [2.45, 2.75) is 32.5 Å². The standard InChI is InChI=1S/C14H23N3O2S/c1-9-7-17(8-14(2,3)19-9)11-6-10(15)12(20-11)13(18)16(4)5/h6,9H,7-8,15H2,1-5H3. The minimum Gasteiger partial charge on any atom is -0.397 e. The maximum atomic E-state index is 12.1. The molecule has 1 aliphatic heterocycles. The number of amides is 1. The minimum absolute atomic E-state index is 0.0423. The van der Waals surface area contributed by atoms with Crippen molar-refractivity contribution in [2.75, 3.05) is 37.8 Å². The molecule has 0 spiro atoms. The van der Waals surface area contributed by atoms with E-state index in [1.165, 1.54) is 11.3 Å². The normalized spacial score (nSPS) is 21.9. The highest BCUT2D eigenvalue weighted by atomic mass is 32.1. The second kappa shape index (κ2) is 5.26. The molecular formula is C14H23N3O2S. The molecule has 1 atom stereocenters. The summed E-state index contributed by atoms with van der Waals surface area (Å²) >= 11 is 1.46. The molecule has 1 saturated heterocycles. The number of nitrogen functional groups attached to an aromatic ring is 1. The number of anilines is 2. The van der Waals surface area contributed by atoms with Crippen molar-refractivity contribution in [1.29, 1.82) is 0 Å². The van der Waals surface area contributed by atoms with Gasteiger partial charge in [-0.25, -0.2) is 0 Å². The lowest BCUT2D eigenvalue weighted by atomic mass is 10.1. The minimum atomic E-state index is -0.192. The molecule has 6 heteroatoms. The van der Waals surface area contributed by atoms with E-state index in [4.69, 9.17) is 10.5 Å². The Hall–Kier alpha value is -1.27. The van der Waals surface area contributed by atoms with Crippen LogP contribution < -0.4 is 10.6 Å². The summed E-state index contributed by atoms with van der Waals surface area (Å²) in [6, 6.07) is 1.90. The van der Waals surface area contributed by atoms with Gasteiger partial charge in [0.25, 0.3) is 5.91 Å². The molecule has 0 aromatic carbocycles. The van der Waals surface area contributed by atoms with Gasteiger partial charge in [0.05, 0.1) is 22.4 Å². The fraction of sp³-hybridized carbons (Fsp3) is 0.643. The summed E-state index contributed by atoms with van der Waals surface area (Å²) in [4.78, 5) is 16.5. The molecular weight excluding hydrogens is 274 g/mol. The summed E-state index contributed by atoms with van der Waals surface area (Å²) in [5.74, 6) is -0.0423. The molecule has 0 bridgehead atoms. The Balaban J connectivity index is 2.26. The van der Waals surface area contributed by atoms with Crippen LogP contribution in [0.25, 0.3) is 0 Å². The largest absolute Gasteiger partial charge is 0.397 e. The van der Waals surface area contributed by atoms with Crippen LogP contribution in [0.4, 0.5) is 10.7 Å². The predicted molar refractivity (Wildman–Crippen MR) is 83.6 cm³/mol. The van der Waals surface area contributed by atoms with E-state index >= 15 is 0 Å². The first kappa shape index (κ1) is 15.1. The van der Waals surface area contributed by atoms with E-state index in [1.54, 1.807) is 19.0 Å². The zero-order valence-corrected chi connectivity index (χ0v) is 13.6. The molecule has 0 aliphatic carbocycles. The molecule has 0 saturated carbocycles. The highest BCUT2D eigenvalue weighted by molar-refractivity contribution is 7.18. The number of morpholine rings is 1. The Bertz CT molecular complexity index is 511. The van der Waals surface area contributed by atoms with Crippen LogP contribution in [0, 0.1) is 0 Å². The first-order chi connectivity index (χ1) is 9.19. The summed E-state index contributed by atoms with van der Waals surface area (Å²) in [7, 11) is 3.47. The average Bonchev–Trinajstić information content (AvgIpc) is 2.67. The Kier molecular flexibility index (Phi) is 3.97. The number of hydrogen-bond acceptors (Lipinski definition) is 5. The van der Waals surface area contributed by atoms with Gasteiger partial charge in [-0.2, -0.15) is 0 Å². The van der Waals surface area contributed by atoms with E-state index in [-0.39, 0.29) is 17.6 Å². The SMILES string of the molecule is CC1CN(c2cc(N)c(C(=O)N(C)C)s2)CC(C)(C)O1. The topological polar surface area (TPSA) is 58.8 Å². The average molecular weight is 297 g/mol. The third kappa shape index (κ3) is 3.07. The number of carbonyl (C=O) groups is 1. The summed E-state index contributed by atoms with van der Waals surface area (Å²) < 4.78 is 5.90. The van der Waals surface area contributed by atoms with Crippen LogP contribution in [-0.4, -0.2) is 49.7 Å². The monoisotopic (exact) mass is 297 g/mol. The van der Waals surface area contributed by atoms with Crippen LogP contribution in [0.2, 0.25) is 0 Å². The maximum Gasteiger partial charge on any atom is 0.265 e. The molecule has 1 aliphatic rings. The van der Waals surface area contributed by atoms with Crippen LogP contribution in [0.15, 0.2) is 6.07 Å². The summed E-state index contributed by atoms with van der Waals surface area (Å²) in [5.41, 5.74) is 6.36. The van der Waals surface area contributed by atoms with Gasteiger partial charge in [-0.3, -0.25) is 4.79 Å². The molecule has 2 N–H and O–H groups in total. The van der Waals surface area contributed by atoms with Gasteiger partial charge in [-0.1, -0.05) is 0 Å². The van der Waals surface area contributed by atoms with E-state index in [2.05, 4.69) is 25.7 Å². The first-order valence-electron chi connectivity index (χ1n) is 6.73. The van der Waals surface area contributed by atoms with Crippen molar-refractivity contribution in [3.8, 4) is 0 Å².